The van der Waals surface area contributed by atoms with Crippen molar-refractivity contribution in [1.29, 1.82) is 0 Å². The van der Waals surface area contributed by atoms with Crippen LogP contribution in [-0.2, 0) is 0 Å². The Morgan fingerprint density at radius 3 is 2.71 bits per heavy atom. The summed E-state index contributed by atoms with van der Waals surface area (Å²) < 4.78 is 0. The first-order chi connectivity index (χ1) is 8.33. The first-order valence-corrected chi connectivity index (χ1v) is 10.4. The van der Waals surface area contributed by atoms with Crippen molar-refractivity contribution in [2.75, 3.05) is 0 Å². The van der Waals surface area contributed by atoms with Gasteiger partial charge in [0, 0.05) is 0 Å². The fourth-order valence-corrected chi connectivity index (χ4v) is 7.45. The van der Waals surface area contributed by atoms with Crippen LogP contribution in [0.2, 0.25) is 15.8 Å². The Bertz CT molecular complexity index is 292. The highest BCUT2D eigenvalue weighted by Gasteiger charge is 2.51. The van der Waals surface area contributed by atoms with Gasteiger partial charge in [-0.2, -0.15) is 0 Å². The average Bonchev–Trinajstić information content (AvgIpc) is 3.02. The Kier molecular flexibility index (Phi) is 3.70. The first-order valence-electron chi connectivity index (χ1n) is 8.00. The molecule has 0 spiro atoms. The Balaban J connectivity index is 1.55. The SMILES string of the molecule is C[CH2][Al]([CH2]C)[CH2]C[C@H]1C[C@H]2C[C@@H]1[C@H]1C=CC[C@@H]21. The van der Waals surface area contributed by atoms with Gasteiger partial charge in [-0.05, 0) is 48.9 Å². The van der Waals surface area contributed by atoms with Crippen LogP contribution in [0.15, 0.2) is 12.2 Å². The molecule has 0 radical (unpaired) electrons. The van der Waals surface area contributed by atoms with E-state index in [0.717, 1.165) is 29.6 Å². The van der Waals surface area contributed by atoms with E-state index >= 15 is 0 Å². The molecule has 3 aliphatic carbocycles. The third kappa shape index (κ3) is 2.15. The average molecular weight is 246 g/mol. The molecule has 2 fully saturated rings. The molecule has 1 heteroatoms. The van der Waals surface area contributed by atoms with E-state index in [-0.39, 0.29) is 14.1 Å². The lowest BCUT2D eigenvalue weighted by atomic mass is 9.75. The second-order valence-electron chi connectivity index (χ2n) is 6.82. The summed E-state index contributed by atoms with van der Waals surface area (Å²) in [6.45, 7) is 4.86. The lowest BCUT2D eigenvalue weighted by Crippen LogP contribution is -2.25. The molecule has 5 atom stereocenters. The number of rotatable bonds is 5. The first kappa shape index (κ1) is 12.3. The number of hydrogen-bond donors (Lipinski definition) is 0. The lowest BCUT2D eigenvalue weighted by Gasteiger charge is -2.31. The van der Waals surface area contributed by atoms with Gasteiger partial charge in [0.15, 0.2) is 0 Å². The molecular formula is C16H27Al. The standard InChI is InChI=1S/C12H17.2C2H5.Al/c1-2-8-6-9-7-12(8)11-5-3-4-10(9)11;2*1-2;/h3,5,8-12H,1-2,4,6-7H2;2*1H2,2H3;/t8-,9-,10-,11-,12-;;;/m0.../s1. The fourth-order valence-electron chi connectivity index (χ4n) is 5.16. The molecule has 0 saturated heterocycles. The van der Waals surface area contributed by atoms with Gasteiger partial charge in [-0.25, -0.2) is 0 Å². The van der Waals surface area contributed by atoms with Crippen molar-refractivity contribution in [3.8, 4) is 0 Å². The van der Waals surface area contributed by atoms with Crippen LogP contribution in [0.4, 0.5) is 0 Å². The van der Waals surface area contributed by atoms with Crippen LogP contribution < -0.4 is 0 Å². The molecule has 0 aliphatic heterocycles. The Hall–Kier alpha value is 0.272. The van der Waals surface area contributed by atoms with Crippen molar-refractivity contribution in [3.63, 3.8) is 0 Å². The van der Waals surface area contributed by atoms with Crippen LogP contribution in [0.25, 0.3) is 0 Å². The molecule has 0 nitrogen and oxygen atoms in total. The molecule has 2 bridgehead atoms. The molecule has 0 N–H and O–H groups in total. The third-order valence-corrected chi connectivity index (χ3v) is 9.71. The lowest BCUT2D eigenvalue weighted by molar-refractivity contribution is 0.207. The van der Waals surface area contributed by atoms with E-state index in [1.54, 1.807) is 24.5 Å². The van der Waals surface area contributed by atoms with Gasteiger partial charge in [0.1, 0.15) is 0 Å². The van der Waals surface area contributed by atoms with E-state index in [1.165, 1.54) is 17.0 Å². The summed E-state index contributed by atoms with van der Waals surface area (Å²) in [5.41, 5.74) is 0. The molecular weight excluding hydrogens is 219 g/mol. The third-order valence-electron chi connectivity index (χ3n) is 6.25. The summed E-state index contributed by atoms with van der Waals surface area (Å²) in [4.78, 5) is 0. The summed E-state index contributed by atoms with van der Waals surface area (Å²) in [5, 5.41) is 4.70. The maximum Gasteiger partial charge on any atom is 0.261 e. The van der Waals surface area contributed by atoms with Gasteiger partial charge in [-0.3, -0.25) is 0 Å². The van der Waals surface area contributed by atoms with Crippen molar-refractivity contribution in [2.45, 2.75) is 55.4 Å². The summed E-state index contributed by atoms with van der Waals surface area (Å²) in [6.07, 6.45) is 11.3. The normalized spacial score (nSPS) is 42.1. The molecule has 0 amide bonds. The van der Waals surface area contributed by atoms with Gasteiger partial charge in [-0.15, -0.1) is 0 Å². The van der Waals surface area contributed by atoms with Gasteiger partial charge in [0.05, 0.1) is 0 Å². The Morgan fingerprint density at radius 2 is 1.94 bits per heavy atom. The predicted molar refractivity (Wildman–Crippen MR) is 76.6 cm³/mol. The highest BCUT2D eigenvalue weighted by Crippen LogP contribution is 2.59. The van der Waals surface area contributed by atoms with Crippen molar-refractivity contribution in [1.82, 2.24) is 0 Å². The topological polar surface area (TPSA) is 0 Å². The van der Waals surface area contributed by atoms with Gasteiger partial charge < -0.3 is 0 Å². The van der Waals surface area contributed by atoms with Crippen LogP contribution in [0.1, 0.15) is 39.5 Å². The molecule has 0 aromatic rings. The van der Waals surface area contributed by atoms with Crippen molar-refractivity contribution >= 4 is 14.1 Å². The van der Waals surface area contributed by atoms with Gasteiger partial charge in [-0.1, -0.05) is 48.3 Å². The molecule has 94 valence electrons. The Morgan fingerprint density at radius 1 is 1.12 bits per heavy atom. The van der Waals surface area contributed by atoms with E-state index in [1.807, 2.05) is 0 Å². The van der Waals surface area contributed by atoms with Crippen LogP contribution in [0, 0.1) is 29.6 Å². The van der Waals surface area contributed by atoms with Crippen LogP contribution in [0.3, 0.4) is 0 Å². The molecule has 0 heterocycles. The summed E-state index contributed by atoms with van der Waals surface area (Å²) >= 11 is -0.319. The fraction of sp³-hybridized carbons (Fsp3) is 0.875. The van der Waals surface area contributed by atoms with Crippen LogP contribution in [-0.4, -0.2) is 14.1 Å². The molecule has 3 rings (SSSR count). The zero-order valence-electron chi connectivity index (χ0n) is 11.6. The van der Waals surface area contributed by atoms with Gasteiger partial charge >= 0.3 is 0 Å². The van der Waals surface area contributed by atoms with Crippen molar-refractivity contribution < 1.29 is 0 Å². The predicted octanol–water partition coefficient (Wildman–Crippen LogP) is 4.76. The van der Waals surface area contributed by atoms with Gasteiger partial charge in [0.25, 0.3) is 14.1 Å². The van der Waals surface area contributed by atoms with E-state index < -0.39 is 0 Å². The second kappa shape index (κ2) is 5.10. The second-order valence-corrected chi connectivity index (χ2v) is 10.8. The molecule has 17 heavy (non-hydrogen) atoms. The molecule has 2 saturated carbocycles. The number of fused-ring (bicyclic) bond motifs is 5. The van der Waals surface area contributed by atoms with E-state index in [9.17, 15) is 0 Å². The number of hydrogen-bond acceptors (Lipinski definition) is 0. The van der Waals surface area contributed by atoms with Gasteiger partial charge in [0.2, 0.25) is 0 Å². The minimum absolute atomic E-state index is 0.319. The monoisotopic (exact) mass is 246 g/mol. The van der Waals surface area contributed by atoms with Crippen LogP contribution in [0.5, 0.6) is 0 Å². The quantitative estimate of drug-likeness (QED) is 0.484. The Labute approximate surface area is 111 Å². The number of allylic oxidation sites excluding steroid dienone is 2. The molecule has 0 aromatic heterocycles. The molecule has 0 aromatic carbocycles. The zero-order valence-corrected chi connectivity index (χ0v) is 12.7. The molecule has 0 unspecified atom stereocenters. The minimum Gasteiger partial charge on any atom is -0.0967 e. The largest absolute Gasteiger partial charge is 0.261 e. The van der Waals surface area contributed by atoms with Crippen molar-refractivity contribution in [2.24, 2.45) is 29.6 Å². The van der Waals surface area contributed by atoms with E-state index in [2.05, 4.69) is 26.0 Å². The highest BCUT2D eigenvalue weighted by molar-refractivity contribution is 6.58. The summed E-state index contributed by atoms with van der Waals surface area (Å²) in [7, 11) is 0. The molecule has 3 aliphatic rings. The van der Waals surface area contributed by atoms with Crippen molar-refractivity contribution in [3.05, 3.63) is 12.2 Å². The maximum atomic E-state index is 2.58. The van der Waals surface area contributed by atoms with E-state index in [4.69, 9.17) is 0 Å². The smallest absolute Gasteiger partial charge is 0.0967 e. The maximum absolute atomic E-state index is 2.58. The zero-order chi connectivity index (χ0) is 11.8. The summed E-state index contributed by atoms with van der Waals surface area (Å²) in [6, 6.07) is 0. The van der Waals surface area contributed by atoms with Crippen LogP contribution >= 0.6 is 0 Å². The summed E-state index contributed by atoms with van der Waals surface area (Å²) in [5.74, 6) is 5.45. The van der Waals surface area contributed by atoms with E-state index in [0.29, 0.717) is 0 Å². The minimum atomic E-state index is -0.319. The highest BCUT2D eigenvalue weighted by atomic mass is 27.2.